The summed E-state index contributed by atoms with van der Waals surface area (Å²) in [6.45, 7) is 4.41. The van der Waals surface area contributed by atoms with Crippen LogP contribution in [0, 0.1) is 0 Å². The minimum absolute atomic E-state index is 0.0846. The lowest BCUT2D eigenvalue weighted by molar-refractivity contribution is -0.137. The van der Waals surface area contributed by atoms with Gasteiger partial charge >= 0.3 is 6.18 Å². The highest BCUT2D eigenvalue weighted by Gasteiger charge is 2.29. The second-order valence-corrected chi connectivity index (χ2v) is 5.18. The number of hydrogen-bond acceptors (Lipinski definition) is 3. The summed E-state index contributed by atoms with van der Waals surface area (Å²) in [5.74, 6) is -0.187. The molecule has 1 aliphatic heterocycles. The summed E-state index contributed by atoms with van der Waals surface area (Å²) in [6.07, 6.45) is -4.26. The molecule has 0 atom stereocenters. The van der Waals surface area contributed by atoms with Crippen molar-refractivity contribution in [3.05, 3.63) is 35.4 Å². The third-order valence-electron chi connectivity index (χ3n) is 3.50. The molecule has 4 nitrogen and oxygen atoms in total. The molecule has 0 aliphatic carbocycles. The number of amides is 1. The van der Waals surface area contributed by atoms with Crippen molar-refractivity contribution in [2.75, 3.05) is 39.4 Å². The molecule has 0 radical (unpaired) electrons. The maximum absolute atomic E-state index is 12.4. The number of morpholine rings is 1. The molecule has 0 saturated carbocycles. The monoisotopic (exact) mass is 316 g/mol. The minimum Gasteiger partial charge on any atom is -0.379 e. The lowest BCUT2D eigenvalue weighted by Crippen LogP contribution is -2.41. The molecule has 1 N–H and O–H groups in total. The Hall–Kier alpha value is -1.60. The molecule has 1 heterocycles. The van der Waals surface area contributed by atoms with E-state index in [1.807, 2.05) is 0 Å². The molecule has 22 heavy (non-hydrogen) atoms. The van der Waals surface area contributed by atoms with E-state index in [0.29, 0.717) is 25.3 Å². The van der Waals surface area contributed by atoms with E-state index in [0.717, 1.165) is 31.8 Å². The van der Waals surface area contributed by atoms with E-state index in [2.05, 4.69) is 10.2 Å². The molecule has 1 fully saturated rings. The lowest BCUT2D eigenvalue weighted by atomic mass is 10.1. The second-order valence-electron chi connectivity index (χ2n) is 5.18. The van der Waals surface area contributed by atoms with Crippen LogP contribution in [-0.4, -0.2) is 50.2 Å². The predicted molar refractivity (Wildman–Crippen MR) is 75.4 cm³/mol. The molecule has 1 saturated heterocycles. The van der Waals surface area contributed by atoms with Crippen molar-refractivity contribution in [1.82, 2.24) is 10.2 Å². The van der Waals surface area contributed by atoms with Gasteiger partial charge < -0.3 is 10.1 Å². The topological polar surface area (TPSA) is 41.6 Å². The smallest absolute Gasteiger partial charge is 0.379 e. The Labute approximate surface area is 127 Å². The van der Waals surface area contributed by atoms with Crippen LogP contribution in [0.4, 0.5) is 13.2 Å². The van der Waals surface area contributed by atoms with Crippen molar-refractivity contribution in [2.24, 2.45) is 0 Å². The lowest BCUT2D eigenvalue weighted by Gasteiger charge is -2.26. The highest BCUT2D eigenvalue weighted by molar-refractivity contribution is 5.78. The Balaban J connectivity index is 1.72. The fraction of sp³-hybridized carbons (Fsp3) is 0.533. The first kappa shape index (κ1) is 16.8. The van der Waals surface area contributed by atoms with Gasteiger partial charge in [-0.15, -0.1) is 0 Å². The first-order chi connectivity index (χ1) is 10.4. The van der Waals surface area contributed by atoms with Crippen molar-refractivity contribution < 1.29 is 22.7 Å². The van der Waals surface area contributed by atoms with E-state index in [9.17, 15) is 18.0 Å². The van der Waals surface area contributed by atoms with Gasteiger partial charge in [-0.1, -0.05) is 12.1 Å². The minimum atomic E-state index is -4.35. The summed E-state index contributed by atoms with van der Waals surface area (Å²) in [5.41, 5.74) is -0.138. The Kier molecular flexibility index (Phi) is 5.79. The summed E-state index contributed by atoms with van der Waals surface area (Å²) in [5, 5.41) is 2.78. The van der Waals surface area contributed by atoms with Crippen LogP contribution >= 0.6 is 0 Å². The van der Waals surface area contributed by atoms with Crippen LogP contribution in [0.15, 0.2) is 24.3 Å². The molecule has 122 valence electrons. The van der Waals surface area contributed by atoms with Gasteiger partial charge in [0.2, 0.25) is 5.91 Å². The molecule has 1 aromatic carbocycles. The fourth-order valence-corrected chi connectivity index (χ4v) is 2.24. The number of ether oxygens (including phenoxy) is 1. The Morgan fingerprint density at radius 1 is 1.18 bits per heavy atom. The maximum atomic E-state index is 12.4. The highest BCUT2D eigenvalue weighted by atomic mass is 19.4. The summed E-state index contributed by atoms with van der Waals surface area (Å²) in [7, 11) is 0. The average Bonchev–Trinajstić information content (AvgIpc) is 2.48. The first-order valence-corrected chi connectivity index (χ1v) is 7.18. The number of benzene rings is 1. The van der Waals surface area contributed by atoms with Gasteiger partial charge in [0.1, 0.15) is 0 Å². The SMILES string of the molecule is O=C(Cc1ccc(C(F)(F)F)cc1)NCCN1CCOCC1. The van der Waals surface area contributed by atoms with E-state index >= 15 is 0 Å². The molecule has 7 heteroatoms. The third kappa shape index (κ3) is 5.31. The van der Waals surface area contributed by atoms with E-state index in [-0.39, 0.29) is 12.3 Å². The fourth-order valence-electron chi connectivity index (χ4n) is 2.24. The van der Waals surface area contributed by atoms with Crippen molar-refractivity contribution in [3.63, 3.8) is 0 Å². The van der Waals surface area contributed by atoms with Crippen LogP contribution in [0.2, 0.25) is 0 Å². The summed E-state index contributed by atoms with van der Waals surface area (Å²) in [6, 6.07) is 4.67. The zero-order chi connectivity index (χ0) is 16.0. The largest absolute Gasteiger partial charge is 0.416 e. The number of carbonyl (C=O) groups is 1. The molecule has 2 rings (SSSR count). The van der Waals surface area contributed by atoms with Gasteiger partial charge in [-0.2, -0.15) is 13.2 Å². The van der Waals surface area contributed by atoms with Gasteiger partial charge in [0.15, 0.2) is 0 Å². The van der Waals surface area contributed by atoms with E-state index < -0.39 is 11.7 Å². The quantitative estimate of drug-likeness (QED) is 0.899. The van der Waals surface area contributed by atoms with Gasteiger partial charge in [-0.25, -0.2) is 0 Å². The highest BCUT2D eigenvalue weighted by Crippen LogP contribution is 2.29. The number of nitrogens with zero attached hydrogens (tertiary/aromatic N) is 1. The molecule has 1 amide bonds. The molecule has 0 bridgehead atoms. The van der Waals surface area contributed by atoms with Crippen molar-refractivity contribution >= 4 is 5.91 Å². The van der Waals surface area contributed by atoms with Crippen LogP contribution < -0.4 is 5.32 Å². The number of halogens is 3. The molecular weight excluding hydrogens is 297 g/mol. The molecule has 1 aliphatic rings. The first-order valence-electron chi connectivity index (χ1n) is 7.18. The Morgan fingerprint density at radius 2 is 1.82 bits per heavy atom. The molecule has 0 unspecified atom stereocenters. The summed E-state index contributed by atoms with van der Waals surface area (Å²) < 4.78 is 42.5. The molecular formula is C15H19F3N2O2. The van der Waals surface area contributed by atoms with Crippen molar-refractivity contribution in [3.8, 4) is 0 Å². The number of rotatable bonds is 5. The number of carbonyl (C=O) groups excluding carboxylic acids is 1. The van der Waals surface area contributed by atoms with E-state index in [1.54, 1.807) is 0 Å². The van der Waals surface area contributed by atoms with Crippen LogP contribution in [0.1, 0.15) is 11.1 Å². The second kappa shape index (κ2) is 7.60. The van der Waals surface area contributed by atoms with Crippen molar-refractivity contribution in [1.29, 1.82) is 0 Å². The van der Waals surface area contributed by atoms with Gasteiger partial charge in [0.05, 0.1) is 25.2 Å². The Morgan fingerprint density at radius 3 is 2.41 bits per heavy atom. The zero-order valence-corrected chi connectivity index (χ0v) is 12.2. The zero-order valence-electron chi connectivity index (χ0n) is 12.2. The van der Waals surface area contributed by atoms with Gasteiger partial charge in [-0.3, -0.25) is 9.69 Å². The van der Waals surface area contributed by atoms with Crippen LogP contribution in [0.3, 0.4) is 0 Å². The van der Waals surface area contributed by atoms with E-state index in [4.69, 9.17) is 4.74 Å². The molecule has 0 spiro atoms. The number of nitrogens with one attached hydrogen (secondary N) is 1. The molecule has 0 aromatic heterocycles. The van der Waals surface area contributed by atoms with Gasteiger partial charge in [0.25, 0.3) is 0 Å². The van der Waals surface area contributed by atoms with Crippen molar-refractivity contribution in [2.45, 2.75) is 12.6 Å². The average molecular weight is 316 g/mol. The maximum Gasteiger partial charge on any atom is 0.416 e. The number of hydrogen-bond donors (Lipinski definition) is 1. The van der Waals surface area contributed by atoms with Crippen LogP contribution in [0.25, 0.3) is 0 Å². The summed E-state index contributed by atoms with van der Waals surface area (Å²) in [4.78, 5) is 14.0. The number of alkyl halides is 3. The van der Waals surface area contributed by atoms with Crippen LogP contribution in [-0.2, 0) is 22.1 Å². The van der Waals surface area contributed by atoms with Crippen LogP contribution in [0.5, 0.6) is 0 Å². The Bertz CT molecular complexity index is 483. The predicted octanol–water partition coefficient (Wildman–Crippen LogP) is 1.70. The van der Waals surface area contributed by atoms with E-state index in [1.165, 1.54) is 12.1 Å². The standard InChI is InChI=1S/C15H19F3N2O2/c16-15(17,18)13-3-1-12(2-4-13)11-14(21)19-5-6-20-7-9-22-10-8-20/h1-4H,5-11H2,(H,19,21). The normalized spacial score (nSPS) is 16.5. The van der Waals surface area contributed by atoms with Gasteiger partial charge in [-0.05, 0) is 17.7 Å². The summed E-state index contributed by atoms with van der Waals surface area (Å²) >= 11 is 0. The third-order valence-corrected chi connectivity index (χ3v) is 3.50. The van der Waals surface area contributed by atoms with Gasteiger partial charge in [0, 0.05) is 26.2 Å². The molecule has 1 aromatic rings.